The average molecular weight is 391 g/mol. The van der Waals surface area contributed by atoms with Crippen LogP contribution in [0.5, 0.6) is 5.75 Å². The minimum absolute atomic E-state index is 0.0937. The lowest BCUT2D eigenvalue weighted by atomic mass is 10.1. The zero-order valence-corrected chi connectivity index (χ0v) is 16.7. The second kappa shape index (κ2) is 10.2. The first-order valence-corrected chi connectivity index (χ1v) is 9.49. The van der Waals surface area contributed by atoms with Crippen molar-refractivity contribution in [3.05, 3.63) is 77.9 Å². The second-order valence-corrected chi connectivity index (χ2v) is 6.65. The Bertz CT molecular complexity index is 899. The molecule has 7 nitrogen and oxygen atoms in total. The first-order chi connectivity index (χ1) is 14.2. The molecule has 0 radical (unpaired) electrons. The third kappa shape index (κ3) is 6.00. The van der Waals surface area contributed by atoms with Crippen molar-refractivity contribution in [3.63, 3.8) is 0 Å². The number of aromatic nitrogens is 3. The standard InChI is InChI=1S/C22H25N5O2/c1-27(14-10-18-7-11-23-12-8-18)21(28)19-15-25-22(26-16-19)24-13-9-17-3-5-20(29-2)6-4-17/h3-8,11-12,15-16H,9-10,13-14H2,1-2H3,(H,24,25,26). The number of hydrogen-bond acceptors (Lipinski definition) is 6. The minimum Gasteiger partial charge on any atom is -0.497 e. The van der Waals surface area contributed by atoms with Gasteiger partial charge in [0, 0.05) is 44.9 Å². The molecule has 0 bridgehead atoms. The summed E-state index contributed by atoms with van der Waals surface area (Å²) in [6, 6.07) is 11.9. The molecule has 0 atom stereocenters. The van der Waals surface area contributed by atoms with Crippen molar-refractivity contribution in [3.8, 4) is 5.75 Å². The summed E-state index contributed by atoms with van der Waals surface area (Å²) in [5, 5.41) is 3.18. The summed E-state index contributed by atoms with van der Waals surface area (Å²) >= 11 is 0. The van der Waals surface area contributed by atoms with Gasteiger partial charge in [-0.05, 0) is 48.2 Å². The van der Waals surface area contributed by atoms with Crippen LogP contribution >= 0.6 is 0 Å². The number of nitrogens with zero attached hydrogens (tertiary/aromatic N) is 4. The van der Waals surface area contributed by atoms with E-state index in [1.165, 1.54) is 5.56 Å². The van der Waals surface area contributed by atoms with Crippen LogP contribution in [0.3, 0.4) is 0 Å². The van der Waals surface area contributed by atoms with Crippen LogP contribution in [0, 0.1) is 0 Å². The fourth-order valence-electron chi connectivity index (χ4n) is 2.81. The smallest absolute Gasteiger partial charge is 0.256 e. The molecule has 1 aromatic carbocycles. The second-order valence-electron chi connectivity index (χ2n) is 6.65. The van der Waals surface area contributed by atoms with E-state index in [4.69, 9.17) is 4.74 Å². The number of hydrogen-bond donors (Lipinski definition) is 1. The van der Waals surface area contributed by atoms with Gasteiger partial charge >= 0.3 is 0 Å². The number of pyridine rings is 1. The van der Waals surface area contributed by atoms with Gasteiger partial charge in [-0.2, -0.15) is 0 Å². The molecule has 3 rings (SSSR count). The molecule has 0 saturated carbocycles. The van der Waals surface area contributed by atoms with Gasteiger partial charge in [-0.3, -0.25) is 9.78 Å². The van der Waals surface area contributed by atoms with Gasteiger partial charge in [0.1, 0.15) is 5.75 Å². The van der Waals surface area contributed by atoms with Crippen LogP contribution < -0.4 is 10.1 Å². The van der Waals surface area contributed by atoms with E-state index in [1.54, 1.807) is 43.8 Å². The summed E-state index contributed by atoms with van der Waals surface area (Å²) in [6.45, 7) is 1.32. The van der Waals surface area contributed by atoms with Crippen LogP contribution in [-0.2, 0) is 12.8 Å². The predicted octanol–water partition coefficient (Wildman–Crippen LogP) is 2.85. The third-order valence-corrected chi connectivity index (χ3v) is 4.59. The van der Waals surface area contributed by atoms with Crippen LogP contribution in [0.25, 0.3) is 0 Å². The fourth-order valence-corrected chi connectivity index (χ4v) is 2.81. The number of likely N-dealkylation sites (N-methyl/N-ethyl adjacent to an activating group) is 1. The summed E-state index contributed by atoms with van der Waals surface area (Å²) in [4.78, 5) is 26.7. The number of benzene rings is 1. The van der Waals surface area contributed by atoms with E-state index in [-0.39, 0.29) is 5.91 Å². The number of carbonyl (C=O) groups is 1. The van der Waals surface area contributed by atoms with Crippen LogP contribution in [0.15, 0.2) is 61.2 Å². The van der Waals surface area contributed by atoms with E-state index in [0.717, 1.165) is 24.2 Å². The molecular weight excluding hydrogens is 366 g/mol. The van der Waals surface area contributed by atoms with Crippen LogP contribution in [0.2, 0.25) is 0 Å². The molecule has 2 heterocycles. The maximum Gasteiger partial charge on any atom is 0.256 e. The van der Waals surface area contributed by atoms with Gasteiger partial charge in [-0.25, -0.2) is 9.97 Å². The number of methoxy groups -OCH3 is 1. The van der Waals surface area contributed by atoms with E-state index in [2.05, 4.69) is 20.3 Å². The molecule has 7 heteroatoms. The van der Waals surface area contributed by atoms with E-state index in [0.29, 0.717) is 24.6 Å². The zero-order valence-electron chi connectivity index (χ0n) is 16.7. The van der Waals surface area contributed by atoms with Crippen molar-refractivity contribution in [2.24, 2.45) is 0 Å². The van der Waals surface area contributed by atoms with Gasteiger partial charge in [0.2, 0.25) is 5.95 Å². The lowest BCUT2D eigenvalue weighted by Gasteiger charge is -2.17. The van der Waals surface area contributed by atoms with Crippen LogP contribution in [0.4, 0.5) is 5.95 Å². The molecule has 29 heavy (non-hydrogen) atoms. The van der Waals surface area contributed by atoms with Crippen molar-refractivity contribution in [2.45, 2.75) is 12.8 Å². The molecule has 0 fully saturated rings. The molecule has 0 unspecified atom stereocenters. The third-order valence-electron chi connectivity index (χ3n) is 4.59. The van der Waals surface area contributed by atoms with Gasteiger partial charge in [0.15, 0.2) is 0 Å². The molecule has 0 spiro atoms. The van der Waals surface area contributed by atoms with Gasteiger partial charge < -0.3 is 15.0 Å². The molecule has 150 valence electrons. The molecule has 2 aromatic heterocycles. The van der Waals surface area contributed by atoms with Crippen LogP contribution in [-0.4, -0.2) is 53.0 Å². The maximum absolute atomic E-state index is 12.5. The highest BCUT2D eigenvalue weighted by Crippen LogP contribution is 2.12. The summed E-state index contributed by atoms with van der Waals surface area (Å²) in [6.07, 6.45) is 8.25. The topological polar surface area (TPSA) is 80.2 Å². The average Bonchev–Trinajstić information content (AvgIpc) is 2.78. The number of carbonyl (C=O) groups excluding carboxylic acids is 1. The Morgan fingerprint density at radius 3 is 2.31 bits per heavy atom. The van der Waals surface area contributed by atoms with Crippen molar-refractivity contribution >= 4 is 11.9 Å². The van der Waals surface area contributed by atoms with Crippen molar-refractivity contribution in [1.82, 2.24) is 19.9 Å². The van der Waals surface area contributed by atoms with Crippen molar-refractivity contribution < 1.29 is 9.53 Å². The van der Waals surface area contributed by atoms with Crippen molar-refractivity contribution in [1.29, 1.82) is 0 Å². The Labute approximate surface area is 170 Å². The summed E-state index contributed by atoms with van der Waals surface area (Å²) in [5.41, 5.74) is 2.82. The van der Waals surface area contributed by atoms with Gasteiger partial charge in [-0.15, -0.1) is 0 Å². The summed E-state index contributed by atoms with van der Waals surface area (Å²) in [7, 11) is 3.44. The monoisotopic (exact) mass is 391 g/mol. The molecular formula is C22H25N5O2. The Balaban J connectivity index is 1.46. The first-order valence-electron chi connectivity index (χ1n) is 9.49. The van der Waals surface area contributed by atoms with E-state index >= 15 is 0 Å². The maximum atomic E-state index is 12.5. The SMILES string of the molecule is COc1ccc(CCNc2ncc(C(=O)N(C)CCc3ccncc3)cn2)cc1. The normalized spacial score (nSPS) is 10.4. The van der Waals surface area contributed by atoms with Gasteiger partial charge in [-0.1, -0.05) is 12.1 Å². The number of ether oxygens (including phenoxy) is 1. The molecule has 1 N–H and O–H groups in total. The number of anilines is 1. The predicted molar refractivity (Wildman–Crippen MR) is 112 cm³/mol. The Morgan fingerprint density at radius 1 is 1.00 bits per heavy atom. The molecule has 0 aliphatic carbocycles. The molecule has 0 aliphatic heterocycles. The van der Waals surface area contributed by atoms with Gasteiger partial charge in [0.05, 0.1) is 12.7 Å². The summed E-state index contributed by atoms with van der Waals surface area (Å²) in [5.74, 6) is 1.26. The minimum atomic E-state index is -0.0937. The van der Waals surface area contributed by atoms with Gasteiger partial charge in [0.25, 0.3) is 5.91 Å². The number of nitrogens with one attached hydrogen (secondary N) is 1. The molecule has 1 amide bonds. The van der Waals surface area contributed by atoms with Crippen molar-refractivity contribution in [2.75, 3.05) is 32.6 Å². The molecule has 0 saturated heterocycles. The van der Waals surface area contributed by atoms with Crippen LogP contribution in [0.1, 0.15) is 21.5 Å². The summed E-state index contributed by atoms with van der Waals surface area (Å²) < 4.78 is 5.16. The Kier molecular flexibility index (Phi) is 7.10. The largest absolute Gasteiger partial charge is 0.497 e. The molecule has 0 aliphatic rings. The van der Waals surface area contributed by atoms with E-state index < -0.39 is 0 Å². The Morgan fingerprint density at radius 2 is 1.66 bits per heavy atom. The Hall–Kier alpha value is -3.48. The lowest BCUT2D eigenvalue weighted by molar-refractivity contribution is 0.0796. The number of rotatable bonds is 9. The first kappa shape index (κ1) is 20.3. The molecule has 3 aromatic rings. The lowest BCUT2D eigenvalue weighted by Crippen LogP contribution is -2.29. The highest BCUT2D eigenvalue weighted by Gasteiger charge is 2.12. The fraction of sp³-hybridized carbons (Fsp3) is 0.273. The van der Waals surface area contributed by atoms with E-state index in [9.17, 15) is 4.79 Å². The highest BCUT2D eigenvalue weighted by molar-refractivity contribution is 5.93. The highest BCUT2D eigenvalue weighted by atomic mass is 16.5. The number of amides is 1. The quantitative estimate of drug-likeness (QED) is 0.604. The zero-order chi connectivity index (χ0) is 20.5. The van der Waals surface area contributed by atoms with E-state index in [1.807, 2.05) is 36.4 Å².